The Hall–Kier alpha value is 0.0400. The molecule has 0 aliphatic heterocycles. The first-order chi connectivity index (χ1) is 5.52. The van der Waals surface area contributed by atoms with Gasteiger partial charge in [0.25, 0.3) is 0 Å². The van der Waals surface area contributed by atoms with Gasteiger partial charge in [0.05, 0.1) is 5.02 Å². The summed E-state index contributed by atoms with van der Waals surface area (Å²) in [6.07, 6.45) is 0. The van der Waals surface area contributed by atoms with Crippen molar-refractivity contribution in [1.82, 2.24) is 0 Å². The molecule has 1 aromatic rings. The fourth-order valence-electron chi connectivity index (χ4n) is 0.933. The summed E-state index contributed by atoms with van der Waals surface area (Å²) in [6.45, 7) is 1.79. The van der Waals surface area contributed by atoms with Crippen molar-refractivity contribution in [1.29, 1.82) is 0 Å². The lowest BCUT2D eigenvalue weighted by Crippen LogP contribution is -2.05. The van der Waals surface area contributed by atoms with Crippen LogP contribution in [0.5, 0.6) is 5.75 Å². The first-order valence-corrected chi connectivity index (χ1v) is 4.63. The van der Waals surface area contributed by atoms with Gasteiger partial charge in [0.15, 0.2) is 0 Å². The van der Waals surface area contributed by atoms with E-state index in [9.17, 15) is 5.11 Å². The average molecular weight is 287 g/mol. The lowest BCUT2D eigenvalue weighted by molar-refractivity contribution is 0.464. The summed E-state index contributed by atoms with van der Waals surface area (Å²) in [5.41, 5.74) is 6.26. The van der Waals surface area contributed by atoms with E-state index in [1.54, 1.807) is 19.1 Å². The third-order valence-corrected chi connectivity index (χ3v) is 2.29. The van der Waals surface area contributed by atoms with Gasteiger partial charge in [-0.3, -0.25) is 0 Å². The topological polar surface area (TPSA) is 46.2 Å². The van der Waals surface area contributed by atoms with Crippen LogP contribution in [0, 0.1) is 0 Å². The molecule has 0 heterocycles. The molecule has 1 aromatic carbocycles. The number of hydrogen-bond donors (Lipinski definition) is 2. The molecule has 2 nitrogen and oxygen atoms in total. The van der Waals surface area contributed by atoms with Crippen molar-refractivity contribution in [2.45, 2.75) is 13.0 Å². The van der Waals surface area contributed by atoms with E-state index in [1.807, 2.05) is 0 Å². The predicted molar refractivity (Wildman–Crippen MR) is 60.7 cm³/mol. The second kappa shape index (κ2) is 5.05. The Kier molecular flexibility index (Phi) is 5.07. The summed E-state index contributed by atoms with van der Waals surface area (Å²) in [7, 11) is 0. The molecule has 5 heteroatoms. The molecular weight excluding hydrogens is 277 g/mol. The van der Waals surface area contributed by atoms with E-state index < -0.39 is 0 Å². The normalized spacial score (nSPS) is 12.0. The number of nitrogens with two attached hydrogens (primary N) is 1. The maximum absolute atomic E-state index is 9.46. The molecule has 0 aliphatic carbocycles. The largest absolute Gasteiger partial charge is 0.506 e. The second-order valence-electron chi connectivity index (χ2n) is 2.61. The summed E-state index contributed by atoms with van der Waals surface area (Å²) in [5, 5.41) is 9.78. The number of rotatable bonds is 1. The summed E-state index contributed by atoms with van der Waals surface area (Å²) in [4.78, 5) is 0. The van der Waals surface area contributed by atoms with Gasteiger partial charge < -0.3 is 10.8 Å². The average Bonchev–Trinajstić information content (AvgIpc) is 1.96. The van der Waals surface area contributed by atoms with Crippen molar-refractivity contribution >= 4 is 39.9 Å². The molecule has 0 saturated carbocycles. The van der Waals surface area contributed by atoms with Crippen LogP contribution in [0.4, 0.5) is 0 Å². The smallest absolute Gasteiger partial charge is 0.138 e. The zero-order chi connectivity index (χ0) is 9.30. The Labute approximate surface area is 96.6 Å². The summed E-state index contributed by atoms with van der Waals surface area (Å²) >= 11 is 8.99. The summed E-state index contributed by atoms with van der Waals surface area (Å²) in [5.74, 6) is 0.0647. The molecular formula is C8H10BrCl2NO. The number of halogens is 3. The molecule has 0 amide bonds. The van der Waals surface area contributed by atoms with E-state index in [0.29, 0.717) is 10.6 Å². The molecule has 0 saturated heterocycles. The van der Waals surface area contributed by atoms with Gasteiger partial charge in [0.1, 0.15) is 5.75 Å². The molecule has 74 valence electrons. The van der Waals surface area contributed by atoms with Crippen LogP contribution in [0.15, 0.2) is 16.6 Å². The number of aromatic hydroxyl groups is 1. The highest BCUT2D eigenvalue weighted by molar-refractivity contribution is 9.10. The summed E-state index contributed by atoms with van der Waals surface area (Å²) in [6, 6.07) is 3.16. The minimum atomic E-state index is -0.222. The van der Waals surface area contributed by atoms with E-state index in [0.717, 1.165) is 4.47 Å². The van der Waals surface area contributed by atoms with Crippen LogP contribution in [0.2, 0.25) is 5.02 Å². The molecule has 3 N–H and O–H groups in total. The lowest BCUT2D eigenvalue weighted by Gasteiger charge is -2.09. The van der Waals surface area contributed by atoms with Gasteiger partial charge in [-0.2, -0.15) is 0 Å². The molecule has 0 radical (unpaired) electrons. The van der Waals surface area contributed by atoms with Crippen molar-refractivity contribution in [3.8, 4) is 5.75 Å². The van der Waals surface area contributed by atoms with Gasteiger partial charge in [-0.25, -0.2) is 0 Å². The SMILES string of the molecule is C[C@H](N)c1cc(Br)cc(Cl)c1O.Cl. The molecule has 0 bridgehead atoms. The van der Waals surface area contributed by atoms with Crippen molar-refractivity contribution in [3.63, 3.8) is 0 Å². The Balaban J connectivity index is 0.00000144. The zero-order valence-corrected chi connectivity index (χ0v) is 10.1. The van der Waals surface area contributed by atoms with Gasteiger partial charge in [-0.1, -0.05) is 27.5 Å². The van der Waals surface area contributed by atoms with Gasteiger partial charge >= 0.3 is 0 Å². The molecule has 1 atom stereocenters. The van der Waals surface area contributed by atoms with Crippen molar-refractivity contribution in [2.24, 2.45) is 5.73 Å². The van der Waals surface area contributed by atoms with Gasteiger partial charge in [0, 0.05) is 16.1 Å². The molecule has 1 rings (SSSR count). The molecule has 13 heavy (non-hydrogen) atoms. The standard InChI is InChI=1S/C8H9BrClNO.ClH/c1-4(11)6-2-5(9)3-7(10)8(6)12;/h2-4,12H,11H2,1H3;1H/t4-;/m0./s1. The fraction of sp³-hybridized carbons (Fsp3) is 0.250. The van der Waals surface area contributed by atoms with Crippen molar-refractivity contribution in [3.05, 3.63) is 27.2 Å². The van der Waals surface area contributed by atoms with Crippen LogP contribution in [-0.4, -0.2) is 5.11 Å². The Morgan fingerprint density at radius 2 is 2.08 bits per heavy atom. The molecule has 0 unspecified atom stereocenters. The minimum absolute atomic E-state index is 0. The number of hydrogen-bond acceptors (Lipinski definition) is 2. The highest BCUT2D eigenvalue weighted by Gasteiger charge is 2.10. The zero-order valence-electron chi connectivity index (χ0n) is 6.92. The maximum Gasteiger partial charge on any atom is 0.138 e. The van der Waals surface area contributed by atoms with Crippen molar-refractivity contribution < 1.29 is 5.11 Å². The Morgan fingerprint density at radius 1 is 1.54 bits per heavy atom. The monoisotopic (exact) mass is 285 g/mol. The minimum Gasteiger partial charge on any atom is -0.506 e. The van der Waals surface area contributed by atoms with Gasteiger partial charge in [-0.15, -0.1) is 12.4 Å². The number of benzene rings is 1. The highest BCUT2D eigenvalue weighted by Crippen LogP contribution is 2.33. The van der Waals surface area contributed by atoms with E-state index in [2.05, 4.69) is 15.9 Å². The van der Waals surface area contributed by atoms with Crippen LogP contribution >= 0.6 is 39.9 Å². The second-order valence-corrected chi connectivity index (χ2v) is 3.94. The van der Waals surface area contributed by atoms with E-state index in [4.69, 9.17) is 17.3 Å². The highest BCUT2D eigenvalue weighted by atomic mass is 79.9. The third-order valence-electron chi connectivity index (χ3n) is 1.55. The summed E-state index contributed by atoms with van der Waals surface area (Å²) < 4.78 is 0.817. The van der Waals surface area contributed by atoms with E-state index in [1.165, 1.54) is 0 Å². The Bertz CT molecular complexity index is 304. The van der Waals surface area contributed by atoms with E-state index >= 15 is 0 Å². The number of phenols is 1. The van der Waals surface area contributed by atoms with Crippen molar-refractivity contribution in [2.75, 3.05) is 0 Å². The van der Waals surface area contributed by atoms with Gasteiger partial charge in [-0.05, 0) is 19.1 Å². The molecule has 0 aromatic heterocycles. The Morgan fingerprint density at radius 3 is 2.54 bits per heavy atom. The van der Waals surface area contributed by atoms with Crippen LogP contribution in [0.1, 0.15) is 18.5 Å². The van der Waals surface area contributed by atoms with Crippen LogP contribution in [0.3, 0.4) is 0 Å². The fourth-order valence-corrected chi connectivity index (χ4v) is 1.77. The molecule has 0 fully saturated rings. The van der Waals surface area contributed by atoms with E-state index in [-0.39, 0.29) is 24.2 Å². The first kappa shape index (κ1) is 13.0. The maximum atomic E-state index is 9.46. The molecule has 0 spiro atoms. The van der Waals surface area contributed by atoms with Crippen LogP contribution in [-0.2, 0) is 0 Å². The third kappa shape index (κ3) is 3.02. The predicted octanol–water partition coefficient (Wildman–Crippen LogP) is 3.25. The number of phenolic OH excluding ortho intramolecular Hbond substituents is 1. The van der Waals surface area contributed by atoms with Crippen LogP contribution < -0.4 is 5.73 Å². The van der Waals surface area contributed by atoms with Gasteiger partial charge in [0.2, 0.25) is 0 Å². The quantitative estimate of drug-likeness (QED) is 0.832. The van der Waals surface area contributed by atoms with Crippen LogP contribution in [0.25, 0.3) is 0 Å². The first-order valence-electron chi connectivity index (χ1n) is 3.46. The lowest BCUT2D eigenvalue weighted by atomic mass is 10.1. The molecule has 0 aliphatic rings.